The summed E-state index contributed by atoms with van der Waals surface area (Å²) in [6, 6.07) is 8.92. The van der Waals surface area contributed by atoms with Gasteiger partial charge in [0.05, 0.1) is 26.9 Å². The van der Waals surface area contributed by atoms with Crippen molar-refractivity contribution >= 4 is 38.7 Å². The molecular weight excluding hydrogens is 424 g/mol. The first-order valence-corrected chi connectivity index (χ1v) is 8.64. The summed E-state index contributed by atoms with van der Waals surface area (Å²) in [6.45, 7) is 2.74. The van der Waals surface area contributed by atoms with Crippen LogP contribution in [0.1, 0.15) is 12.5 Å². The molecule has 0 saturated carbocycles. The van der Waals surface area contributed by atoms with Crippen molar-refractivity contribution in [2.45, 2.75) is 13.3 Å². The minimum Gasteiger partial charge on any atom is -0.371 e. The molecular formula is C16H15BrN4O6. The van der Waals surface area contributed by atoms with E-state index in [9.17, 15) is 30.3 Å². The number of rotatable bonds is 8. The first-order valence-electron chi connectivity index (χ1n) is 7.85. The molecule has 0 fully saturated rings. The third-order valence-corrected chi connectivity index (χ3v) is 4.53. The fourth-order valence-electron chi connectivity index (χ4n) is 2.68. The predicted molar refractivity (Wildman–Crippen MR) is 102 cm³/mol. The lowest BCUT2D eigenvalue weighted by Gasteiger charge is -2.23. The zero-order chi connectivity index (χ0) is 20.1. The van der Waals surface area contributed by atoms with Gasteiger partial charge in [-0.2, -0.15) is 0 Å². The summed E-state index contributed by atoms with van der Waals surface area (Å²) in [4.78, 5) is 33.0. The van der Waals surface area contributed by atoms with E-state index in [2.05, 4.69) is 15.9 Å². The van der Waals surface area contributed by atoms with Gasteiger partial charge in [-0.25, -0.2) is 0 Å². The summed E-state index contributed by atoms with van der Waals surface area (Å²) in [5.41, 5.74) is -1.21. The van der Waals surface area contributed by atoms with E-state index in [0.717, 1.165) is 22.3 Å². The molecule has 2 aromatic rings. The van der Waals surface area contributed by atoms with Gasteiger partial charge < -0.3 is 4.90 Å². The Labute approximate surface area is 162 Å². The second-order valence-corrected chi connectivity index (χ2v) is 6.46. The number of halogens is 1. The topological polar surface area (TPSA) is 133 Å². The zero-order valence-electron chi connectivity index (χ0n) is 14.2. The minimum atomic E-state index is -0.885. The lowest BCUT2D eigenvalue weighted by atomic mass is 10.1. The van der Waals surface area contributed by atoms with Crippen LogP contribution in [0.3, 0.4) is 0 Å². The molecule has 0 aliphatic carbocycles. The highest BCUT2D eigenvalue weighted by molar-refractivity contribution is 9.10. The average Bonchev–Trinajstić information content (AvgIpc) is 2.62. The molecule has 0 bridgehead atoms. The van der Waals surface area contributed by atoms with E-state index in [0.29, 0.717) is 6.54 Å². The number of non-ortho nitro benzene ring substituents is 1. The van der Waals surface area contributed by atoms with Crippen LogP contribution in [0.5, 0.6) is 0 Å². The van der Waals surface area contributed by atoms with Gasteiger partial charge >= 0.3 is 0 Å². The summed E-state index contributed by atoms with van der Waals surface area (Å²) in [6.07, 6.45) is -0.00543. The average molecular weight is 439 g/mol. The Kier molecular flexibility index (Phi) is 6.40. The number of nitrogens with zero attached hydrogens (tertiary/aromatic N) is 4. The second kappa shape index (κ2) is 8.54. The number of likely N-dealkylation sites (N-methyl/N-ethyl adjacent to an activating group) is 1. The maximum Gasteiger partial charge on any atom is 0.286 e. The molecule has 2 aromatic carbocycles. The Morgan fingerprint density at radius 3 is 1.85 bits per heavy atom. The van der Waals surface area contributed by atoms with Crippen molar-refractivity contribution in [2.24, 2.45) is 0 Å². The third kappa shape index (κ3) is 4.76. The van der Waals surface area contributed by atoms with Crippen LogP contribution >= 0.6 is 15.9 Å². The molecule has 0 aromatic heterocycles. The molecule has 0 aliphatic heterocycles. The van der Waals surface area contributed by atoms with Gasteiger partial charge in [-0.1, -0.05) is 15.9 Å². The highest BCUT2D eigenvalue weighted by atomic mass is 79.9. The molecule has 142 valence electrons. The van der Waals surface area contributed by atoms with Gasteiger partial charge in [-0.05, 0) is 31.2 Å². The van der Waals surface area contributed by atoms with Crippen molar-refractivity contribution in [3.8, 4) is 0 Å². The predicted octanol–water partition coefficient (Wildman–Crippen LogP) is 4.24. The van der Waals surface area contributed by atoms with Gasteiger partial charge in [0.1, 0.15) is 5.56 Å². The first kappa shape index (κ1) is 20.2. The van der Waals surface area contributed by atoms with E-state index >= 15 is 0 Å². The van der Waals surface area contributed by atoms with Crippen molar-refractivity contribution < 1.29 is 14.8 Å². The van der Waals surface area contributed by atoms with Crippen molar-refractivity contribution in [1.82, 2.24) is 0 Å². The van der Waals surface area contributed by atoms with Crippen molar-refractivity contribution in [3.63, 3.8) is 0 Å². The first-order chi connectivity index (χ1) is 12.7. The largest absolute Gasteiger partial charge is 0.371 e. The van der Waals surface area contributed by atoms with E-state index in [1.165, 1.54) is 0 Å². The van der Waals surface area contributed by atoms with E-state index in [1.807, 2.05) is 36.1 Å². The van der Waals surface area contributed by atoms with Crippen LogP contribution in [-0.2, 0) is 6.42 Å². The maximum atomic E-state index is 11.3. The molecule has 0 radical (unpaired) electrons. The molecule has 0 atom stereocenters. The molecule has 10 nitrogen and oxygen atoms in total. The Bertz CT molecular complexity index is 852. The van der Waals surface area contributed by atoms with Gasteiger partial charge in [-0.15, -0.1) is 0 Å². The summed E-state index contributed by atoms with van der Waals surface area (Å²) in [7, 11) is 0. The van der Waals surface area contributed by atoms with Crippen molar-refractivity contribution in [2.75, 3.05) is 18.0 Å². The zero-order valence-corrected chi connectivity index (χ0v) is 15.8. The van der Waals surface area contributed by atoms with Gasteiger partial charge in [0.2, 0.25) is 0 Å². The smallest absolute Gasteiger partial charge is 0.286 e. The van der Waals surface area contributed by atoms with Crippen LogP contribution in [0.2, 0.25) is 0 Å². The van der Waals surface area contributed by atoms with E-state index < -0.39 is 31.8 Å². The van der Waals surface area contributed by atoms with Gasteiger partial charge in [0.25, 0.3) is 17.1 Å². The number of nitro groups is 3. The van der Waals surface area contributed by atoms with Crippen molar-refractivity contribution in [3.05, 3.63) is 76.8 Å². The Morgan fingerprint density at radius 2 is 1.44 bits per heavy atom. The second-order valence-electron chi connectivity index (χ2n) is 5.54. The van der Waals surface area contributed by atoms with Crippen LogP contribution in [0.15, 0.2) is 40.9 Å². The quantitative estimate of drug-likeness (QED) is 0.444. The van der Waals surface area contributed by atoms with Crippen LogP contribution in [0.25, 0.3) is 0 Å². The normalized spacial score (nSPS) is 10.4. The molecule has 27 heavy (non-hydrogen) atoms. The molecule has 0 unspecified atom stereocenters. The molecule has 2 rings (SSSR count). The fourth-order valence-corrected chi connectivity index (χ4v) is 2.95. The molecule has 0 amide bonds. The standard InChI is InChI=1S/C16H15BrN4O6/c1-2-18(12-5-3-11(17)4-6-12)8-7-14-15(20(24)25)9-13(19(22)23)10-16(14)21(26)27/h3-6,9-10H,2,7-8H2,1H3. The van der Waals surface area contributed by atoms with Crippen LogP contribution in [0, 0.1) is 30.3 Å². The van der Waals surface area contributed by atoms with Crippen molar-refractivity contribution in [1.29, 1.82) is 0 Å². The molecule has 0 heterocycles. The highest BCUT2D eigenvalue weighted by Gasteiger charge is 2.30. The van der Waals surface area contributed by atoms with Crippen LogP contribution in [-0.4, -0.2) is 27.9 Å². The monoisotopic (exact) mass is 438 g/mol. The molecule has 11 heteroatoms. The summed E-state index contributed by atoms with van der Waals surface area (Å²) in [5.74, 6) is 0. The maximum absolute atomic E-state index is 11.3. The van der Waals surface area contributed by atoms with E-state index in [1.54, 1.807) is 0 Å². The summed E-state index contributed by atoms with van der Waals surface area (Å²) in [5, 5.41) is 33.6. The number of hydrogen-bond donors (Lipinski definition) is 0. The lowest BCUT2D eigenvalue weighted by Crippen LogP contribution is -2.25. The third-order valence-electron chi connectivity index (χ3n) is 4.00. The van der Waals surface area contributed by atoms with E-state index in [4.69, 9.17) is 0 Å². The van der Waals surface area contributed by atoms with E-state index in [-0.39, 0.29) is 18.5 Å². The van der Waals surface area contributed by atoms with Gasteiger partial charge in [-0.3, -0.25) is 30.3 Å². The Hall–Kier alpha value is -3.08. The van der Waals surface area contributed by atoms with Crippen LogP contribution < -0.4 is 4.90 Å². The summed E-state index contributed by atoms with van der Waals surface area (Å²) < 4.78 is 0.893. The van der Waals surface area contributed by atoms with Crippen LogP contribution in [0.4, 0.5) is 22.7 Å². The van der Waals surface area contributed by atoms with Gasteiger partial charge in [0.15, 0.2) is 0 Å². The highest BCUT2D eigenvalue weighted by Crippen LogP contribution is 2.34. The van der Waals surface area contributed by atoms with Gasteiger partial charge in [0, 0.05) is 29.7 Å². The number of anilines is 1. The number of benzene rings is 2. The number of hydrogen-bond acceptors (Lipinski definition) is 7. The minimum absolute atomic E-state index is 0.00543. The molecule has 0 saturated heterocycles. The summed E-state index contributed by atoms with van der Waals surface area (Å²) >= 11 is 3.34. The Balaban J connectivity index is 2.41. The molecule has 0 aliphatic rings. The lowest BCUT2D eigenvalue weighted by molar-refractivity contribution is -0.404. The molecule has 0 N–H and O–H groups in total. The number of nitro benzene ring substituents is 3. The Morgan fingerprint density at radius 1 is 0.926 bits per heavy atom. The molecule has 0 spiro atoms. The fraction of sp³-hybridized carbons (Fsp3) is 0.250. The SMILES string of the molecule is CCN(CCc1c([N+](=O)[O-])cc([N+](=O)[O-])cc1[N+](=O)[O-])c1ccc(Br)cc1.